The number of esters is 5. The molecule has 310 valence electrons. The highest BCUT2D eigenvalue weighted by Gasteiger charge is 2.76. The van der Waals surface area contributed by atoms with Gasteiger partial charge in [0.1, 0.15) is 24.4 Å². The molecule has 0 aromatic carbocycles. The van der Waals surface area contributed by atoms with Gasteiger partial charge in [0.05, 0.1) is 12.2 Å². The molecule has 14 nitrogen and oxygen atoms in total. The van der Waals surface area contributed by atoms with Crippen molar-refractivity contribution in [2.24, 2.45) is 34.5 Å². The smallest absolute Gasteiger partial charge is 0.333 e. The number of carboxylic acids is 1. The summed E-state index contributed by atoms with van der Waals surface area (Å²) < 4.78 is 38.4. The molecule has 4 bridgehead atoms. The monoisotopic (exact) mass is 786 g/mol. The number of aliphatic carboxylic acids is 1. The Kier molecular flexibility index (Phi) is 12.7. The molecule has 2 saturated heterocycles. The fourth-order valence-corrected chi connectivity index (χ4v) is 10.6. The predicted molar refractivity (Wildman–Crippen MR) is 196 cm³/mol. The van der Waals surface area contributed by atoms with Gasteiger partial charge >= 0.3 is 35.8 Å². The molecule has 0 amide bonds. The first-order valence-electron chi connectivity index (χ1n) is 20.5. The molecule has 8 rings (SSSR count). The summed E-state index contributed by atoms with van der Waals surface area (Å²) in [6.07, 6.45) is 11.6. The van der Waals surface area contributed by atoms with Crippen LogP contribution in [0, 0.1) is 34.5 Å². The van der Waals surface area contributed by atoms with Gasteiger partial charge in [-0.05, 0) is 79.1 Å². The molecule has 0 radical (unpaired) electrons. The Hall–Kier alpha value is -3.78. The maximum atomic E-state index is 13.0. The van der Waals surface area contributed by atoms with Gasteiger partial charge in [-0.2, -0.15) is 0 Å². The summed E-state index contributed by atoms with van der Waals surface area (Å²) in [5.74, 6) is -4.89. The Morgan fingerprint density at radius 2 is 1.20 bits per heavy atom. The molecule has 0 aromatic rings. The van der Waals surface area contributed by atoms with E-state index in [-0.39, 0.29) is 48.2 Å². The van der Waals surface area contributed by atoms with Gasteiger partial charge in [-0.15, -0.1) is 0 Å². The molecular formula is C42H58O14. The number of hydrogen-bond donors (Lipinski definition) is 1. The third-order valence-corrected chi connectivity index (χ3v) is 13.2. The Labute approximate surface area is 328 Å². The second kappa shape index (κ2) is 17.0. The van der Waals surface area contributed by atoms with Crippen LogP contribution in [0.5, 0.6) is 0 Å². The molecule has 6 saturated carbocycles. The van der Waals surface area contributed by atoms with E-state index in [1.54, 1.807) is 13.8 Å². The molecule has 56 heavy (non-hydrogen) atoms. The predicted octanol–water partition coefficient (Wildman–Crippen LogP) is 5.53. The Morgan fingerprint density at radius 1 is 0.750 bits per heavy atom. The molecule has 6 aliphatic carbocycles. The highest BCUT2D eigenvalue weighted by Crippen LogP contribution is 2.64. The van der Waals surface area contributed by atoms with E-state index in [0.29, 0.717) is 24.5 Å². The van der Waals surface area contributed by atoms with Gasteiger partial charge in [0.25, 0.3) is 0 Å². The minimum absolute atomic E-state index is 0.0909. The lowest BCUT2D eigenvalue weighted by molar-refractivity contribution is -0.200. The van der Waals surface area contributed by atoms with Gasteiger partial charge in [0, 0.05) is 41.4 Å². The summed E-state index contributed by atoms with van der Waals surface area (Å²) in [7, 11) is 0. The first-order valence-corrected chi connectivity index (χ1v) is 20.5. The SMILES string of the molecule is C=C(C)C(=O)OC1C2CC3C1OC(=O)C3(C(=O)O)C2.C=C(C)C(=O)OC1C2CC3C1OC(=O)C3(C(=O)OC(C)OC1CCCCC1)C2.CCOC1CCCCC1. The van der Waals surface area contributed by atoms with Crippen molar-refractivity contribution in [3.8, 4) is 0 Å². The first kappa shape index (κ1) is 41.8. The van der Waals surface area contributed by atoms with E-state index in [2.05, 4.69) is 20.1 Å². The van der Waals surface area contributed by atoms with E-state index in [4.69, 9.17) is 33.2 Å². The highest BCUT2D eigenvalue weighted by molar-refractivity contribution is 6.03. The number of rotatable bonds is 11. The largest absolute Gasteiger partial charge is 0.480 e. The number of hydrogen-bond acceptors (Lipinski definition) is 13. The van der Waals surface area contributed by atoms with Crippen molar-refractivity contribution < 1.29 is 67.0 Å². The summed E-state index contributed by atoms with van der Waals surface area (Å²) in [6.45, 7) is 14.9. The molecule has 0 spiro atoms. The average Bonchev–Trinajstić information content (AvgIpc) is 3.97. The summed E-state index contributed by atoms with van der Waals surface area (Å²) >= 11 is 0. The maximum Gasteiger partial charge on any atom is 0.333 e. The fraction of sp³-hybridized carbons (Fsp3) is 0.762. The van der Waals surface area contributed by atoms with Crippen LogP contribution in [0.4, 0.5) is 0 Å². The average molecular weight is 787 g/mol. The van der Waals surface area contributed by atoms with Crippen LogP contribution in [0.1, 0.15) is 118 Å². The quantitative estimate of drug-likeness (QED) is 0.0905. The minimum Gasteiger partial charge on any atom is -0.480 e. The lowest BCUT2D eigenvalue weighted by Crippen LogP contribution is -2.46. The molecule has 11 unspecified atom stereocenters. The molecule has 2 aliphatic heterocycles. The molecule has 8 aliphatic rings. The summed E-state index contributed by atoms with van der Waals surface area (Å²) in [5, 5.41) is 9.32. The third kappa shape index (κ3) is 7.76. The van der Waals surface area contributed by atoms with Gasteiger partial charge in [0.2, 0.25) is 0 Å². The van der Waals surface area contributed by atoms with Gasteiger partial charge < -0.3 is 38.3 Å². The van der Waals surface area contributed by atoms with Crippen LogP contribution in [-0.2, 0) is 61.9 Å². The van der Waals surface area contributed by atoms with Gasteiger partial charge in [-0.3, -0.25) is 19.2 Å². The van der Waals surface area contributed by atoms with Crippen LogP contribution in [0.3, 0.4) is 0 Å². The van der Waals surface area contributed by atoms with Gasteiger partial charge in [-0.25, -0.2) is 9.59 Å². The second-order valence-electron chi connectivity index (χ2n) is 17.0. The number of ether oxygens (including phenoxy) is 7. The van der Waals surface area contributed by atoms with Crippen LogP contribution < -0.4 is 0 Å². The fourth-order valence-electron chi connectivity index (χ4n) is 10.6. The Bertz CT molecular complexity index is 1570. The van der Waals surface area contributed by atoms with Crippen molar-refractivity contribution >= 4 is 35.8 Å². The molecule has 0 aromatic heterocycles. The van der Waals surface area contributed by atoms with Crippen LogP contribution in [-0.4, -0.2) is 90.4 Å². The summed E-state index contributed by atoms with van der Waals surface area (Å²) in [5.41, 5.74) is -2.13. The van der Waals surface area contributed by atoms with Crippen molar-refractivity contribution in [3.63, 3.8) is 0 Å². The minimum atomic E-state index is -1.42. The topological polar surface area (TPSA) is 187 Å². The van der Waals surface area contributed by atoms with Gasteiger partial charge in [-0.1, -0.05) is 51.7 Å². The number of carbonyl (C=O) groups is 6. The molecule has 14 heteroatoms. The van der Waals surface area contributed by atoms with Crippen LogP contribution in [0.25, 0.3) is 0 Å². The molecule has 8 fully saturated rings. The lowest BCUT2D eigenvalue weighted by atomic mass is 9.73. The zero-order chi connectivity index (χ0) is 40.5. The van der Waals surface area contributed by atoms with Crippen LogP contribution >= 0.6 is 0 Å². The van der Waals surface area contributed by atoms with Crippen molar-refractivity contribution in [3.05, 3.63) is 24.3 Å². The zero-order valence-corrected chi connectivity index (χ0v) is 33.1. The normalized spacial score (nSPS) is 36.6. The van der Waals surface area contributed by atoms with Gasteiger partial charge in [0.15, 0.2) is 17.1 Å². The standard InChI is InChI=1S/C21H28O7.C13H14O6.C8H16O/c1-11(2)18(22)27-16-13-9-15-17(16)28-20(24)21(15,10-13)19(23)26-12(3)25-14-7-5-4-6-8-14;1-5(2)10(14)18-8-6-3-7-9(8)19-12(17)13(7,4-6)11(15)16;1-2-9-8-6-4-3-5-7-8/h12-17H,1,4-10H2,2-3H3;6-9H,1,3-4H2,2H3,(H,15,16);8H,2-7H2,1H3. The third-order valence-electron chi connectivity index (χ3n) is 13.2. The van der Waals surface area contributed by atoms with E-state index in [0.717, 1.165) is 32.3 Å². The maximum absolute atomic E-state index is 13.0. The Morgan fingerprint density at radius 3 is 1.66 bits per heavy atom. The van der Waals surface area contributed by atoms with E-state index in [9.17, 15) is 33.9 Å². The highest BCUT2D eigenvalue weighted by atomic mass is 16.7. The zero-order valence-electron chi connectivity index (χ0n) is 33.1. The van der Waals surface area contributed by atoms with E-state index in [1.165, 1.54) is 45.4 Å². The van der Waals surface area contributed by atoms with E-state index in [1.807, 2.05) is 0 Å². The number of carboxylic acid groups (broad SMARTS) is 1. The number of carbonyl (C=O) groups excluding carboxylic acids is 5. The summed E-state index contributed by atoms with van der Waals surface area (Å²) in [6, 6.07) is 0. The number of fused-ring (bicyclic) bond motifs is 2. The van der Waals surface area contributed by atoms with Crippen LogP contribution in [0.15, 0.2) is 24.3 Å². The molecular weight excluding hydrogens is 728 g/mol. The van der Waals surface area contributed by atoms with Crippen molar-refractivity contribution in [1.82, 2.24) is 0 Å². The Balaban J connectivity index is 0.000000163. The molecule has 1 N–H and O–H groups in total. The first-order chi connectivity index (χ1) is 26.6. The van der Waals surface area contributed by atoms with Crippen molar-refractivity contribution in [1.29, 1.82) is 0 Å². The van der Waals surface area contributed by atoms with E-state index < -0.39 is 77.4 Å². The summed E-state index contributed by atoms with van der Waals surface area (Å²) in [4.78, 5) is 72.4. The van der Waals surface area contributed by atoms with Crippen LogP contribution in [0.2, 0.25) is 0 Å². The molecule has 2 heterocycles. The van der Waals surface area contributed by atoms with Crippen molar-refractivity contribution in [2.45, 2.75) is 161 Å². The second-order valence-corrected chi connectivity index (χ2v) is 17.0. The lowest BCUT2D eigenvalue weighted by Gasteiger charge is -2.32. The van der Waals surface area contributed by atoms with E-state index >= 15 is 0 Å². The van der Waals surface area contributed by atoms with Crippen molar-refractivity contribution in [2.75, 3.05) is 6.61 Å². The molecule has 11 atom stereocenters.